The van der Waals surface area contributed by atoms with Crippen molar-refractivity contribution < 1.29 is 0 Å². The first-order valence-corrected chi connectivity index (χ1v) is 13.2. The van der Waals surface area contributed by atoms with E-state index >= 15 is 0 Å². The van der Waals surface area contributed by atoms with Crippen LogP contribution in [0.15, 0.2) is 121 Å². The fourth-order valence-electron chi connectivity index (χ4n) is 6.47. The van der Waals surface area contributed by atoms with Crippen molar-refractivity contribution in [3.05, 3.63) is 121 Å². The first-order valence-electron chi connectivity index (χ1n) is 13.2. The van der Waals surface area contributed by atoms with Crippen molar-refractivity contribution in [3.8, 4) is 22.3 Å². The highest BCUT2D eigenvalue weighted by atomic mass is 15.0. The third-order valence-electron chi connectivity index (χ3n) is 8.33. The van der Waals surface area contributed by atoms with Gasteiger partial charge < -0.3 is 9.13 Å². The predicted octanol–water partition coefficient (Wildman–Crippen LogP) is 9.46. The minimum atomic E-state index is 1.25. The first kappa shape index (κ1) is 21.3. The molecule has 0 spiro atoms. The lowest BCUT2D eigenvalue weighted by molar-refractivity contribution is 1.02. The number of hydrogen-bond acceptors (Lipinski definition) is 0. The molecule has 0 atom stereocenters. The van der Waals surface area contributed by atoms with Crippen LogP contribution in [0.3, 0.4) is 0 Å². The number of rotatable bonds is 2. The zero-order chi connectivity index (χ0) is 25.4. The lowest BCUT2D eigenvalue weighted by Crippen LogP contribution is -1.91. The Bertz CT molecular complexity index is 2020. The summed E-state index contributed by atoms with van der Waals surface area (Å²) in [7, 11) is 4.41. The number of aryl methyl sites for hydroxylation is 2. The molecule has 0 unspecified atom stereocenters. The van der Waals surface area contributed by atoms with E-state index in [4.69, 9.17) is 0 Å². The summed E-state index contributed by atoms with van der Waals surface area (Å²) in [4.78, 5) is 0. The minimum absolute atomic E-state index is 1.25. The molecule has 8 aromatic rings. The molecule has 2 nitrogen and oxygen atoms in total. The van der Waals surface area contributed by atoms with Gasteiger partial charge in [-0.15, -0.1) is 0 Å². The van der Waals surface area contributed by atoms with Gasteiger partial charge in [-0.1, -0.05) is 109 Å². The largest absolute Gasteiger partial charge is 0.343 e. The molecular formula is C36H26N2. The van der Waals surface area contributed by atoms with Crippen molar-refractivity contribution in [3.63, 3.8) is 0 Å². The highest BCUT2D eigenvalue weighted by Gasteiger charge is 2.17. The molecule has 0 saturated carbocycles. The predicted molar refractivity (Wildman–Crippen MR) is 163 cm³/mol. The number of fused-ring (bicyclic) bond motifs is 9. The zero-order valence-electron chi connectivity index (χ0n) is 21.4. The monoisotopic (exact) mass is 486 g/mol. The van der Waals surface area contributed by atoms with Gasteiger partial charge in [0.25, 0.3) is 0 Å². The van der Waals surface area contributed by atoms with E-state index in [0.29, 0.717) is 0 Å². The zero-order valence-corrected chi connectivity index (χ0v) is 21.4. The molecule has 6 aromatic carbocycles. The Hall–Kier alpha value is -4.82. The van der Waals surface area contributed by atoms with Crippen molar-refractivity contribution in [2.75, 3.05) is 0 Å². The van der Waals surface area contributed by atoms with Crippen LogP contribution in [0, 0.1) is 0 Å². The molecule has 0 bridgehead atoms. The van der Waals surface area contributed by atoms with Crippen LogP contribution in [0.1, 0.15) is 0 Å². The first-order chi connectivity index (χ1) is 18.7. The van der Waals surface area contributed by atoms with E-state index in [-0.39, 0.29) is 0 Å². The van der Waals surface area contributed by atoms with Crippen LogP contribution in [-0.4, -0.2) is 9.13 Å². The van der Waals surface area contributed by atoms with Gasteiger partial charge in [0.05, 0.1) is 11.0 Å². The van der Waals surface area contributed by atoms with E-state index in [1.165, 1.54) is 76.6 Å². The fourth-order valence-corrected chi connectivity index (χ4v) is 6.47. The summed E-state index contributed by atoms with van der Waals surface area (Å²) in [6, 6.07) is 44.3. The van der Waals surface area contributed by atoms with Gasteiger partial charge in [0.1, 0.15) is 0 Å². The van der Waals surface area contributed by atoms with Gasteiger partial charge in [-0.2, -0.15) is 0 Å². The minimum Gasteiger partial charge on any atom is -0.343 e. The van der Waals surface area contributed by atoms with Crippen LogP contribution in [-0.2, 0) is 14.1 Å². The number of hydrogen-bond donors (Lipinski definition) is 0. The Morgan fingerprint density at radius 1 is 0.342 bits per heavy atom. The maximum Gasteiger partial charge on any atom is 0.0569 e. The van der Waals surface area contributed by atoms with Crippen LogP contribution in [0.5, 0.6) is 0 Å². The van der Waals surface area contributed by atoms with Gasteiger partial charge in [-0.05, 0) is 34.4 Å². The molecule has 2 heterocycles. The summed E-state index contributed by atoms with van der Waals surface area (Å²) in [5, 5.41) is 7.80. The smallest absolute Gasteiger partial charge is 0.0569 e. The van der Waals surface area contributed by atoms with Crippen LogP contribution in [0.25, 0.3) is 76.6 Å². The Morgan fingerprint density at radius 3 is 1.08 bits per heavy atom. The summed E-state index contributed by atoms with van der Waals surface area (Å²) >= 11 is 0. The molecule has 8 rings (SSSR count). The van der Waals surface area contributed by atoms with E-state index in [0.717, 1.165) is 0 Å². The molecule has 2 aromatic heterocycles. The quantitative estimate of drug-likeness (QED) is 0.230. The normalized spacial score (nSPS) is 11.9. The molecule has 0 amide bonds. The van der Waals surface area contributed by atoms with Gasteiger partial charge in [0.2, 0.25) is 0 Å². The third-order valence-corrected chi connectivity index (χ3v) is 8.33. The Kier molecular flexibility index (Phi) is 4.39. The van der Waals surface area contributed by atoms with Gasteiger partial charge in [0, 0.05) is 57.4 Å². The molecule has 0 radical (unpaired) electrons. The van der Waals surface area contributed by atoms with Crippen molar-refractivity contribution in [1.29, 1.82) is 0 Å². The number of nitrogens with zero attached hydrogens (tertiary/aromatic N) is 2. The maximum atomic E-state index is 2.38. The van der Waals surface area contributed by atoms with Crippen LogP contribution < -0.4 is 0 Å². The average Bonchev–Trinajstić information content (AvgIpc) is 3.44. The van der Waals surface area contributed by atoms with Crippen molar-refractivity contribution >= 4 is 54.4 Å². The van der Waals surface area contributed by atoms with Gasteiger partial charge in [0.15, 0.2) is 0 Å². The fraction of sp³-hybridized carbons (Fsp3) is 0.0556. The lowest BCUT2D eigenvalue weighted by Gasteiger charge is -2.07. The SMILES string of the molecule is Cn1c2cc(-c3ccccc3)ccc2c2ccc3c(ccc4c5ccc(-c6ccccc6)cc5n(C)c43)c21. The molecule has 38 heavy (non-hydrogen) atoms. The van der Waals surface area contributed by atoms with E-state index in [1.54, 1.807) is 0 Å². The van der Waals surface area contributed by atoms with Gasteiger partial charge in [-0.25, -0.2) is 0 Å². The summed E-state index contributed by atoms with van der Waals surface area (Å²) < 4.78 is 4.75. The average molecular weight is 487 g/mol. The van der Waals surface area contributed by atoms with Gasteiger partial charge >= 0.3 is 0 Å². The summed E-state index contributed by atoms with van der Waals surface area (Å²) in [6.07, 6.45) is 0. The van der Waals surface area contributed by atoms with E-state index in [1.807, 2.05) is 0 Å². The van der Waals surface area contributed by atoms with Crippen molar-refractivity contribution in [2.45, 2.75) is 0 Å². The Balaban J connectivity index is 1.41. The van der Waals surface area contributed by atoms with Crippen LogP contribution >= 0.6 is 0 Å². The second-order valence-electron chi connectivity index (χ2n) is 10.3. The summed E-state index contributed by atoms with van der Waals surface area (Å²) in [5.74, 6) is 0. The van der Waals surface area contributed by atoms with E-state index in [9.17, 15) is 0 Å². The second-order valence-corrected chi connectivity index (χ2v) is 10.3. The number of benzene rings is 6. The molecule has 180 valence electrons. The van der Waals surface area contributed by atoms with Crippen molar-refractivity contribution in [1.82, 2.24) is 9.13 Å². The summed E-state index contributed by atoms with van der Waals surface area (Å²) in [6.45, 7) is 0. The Morgan fingerprint density at radius 2 is 0.684 bits per heavy atom. The van der Waals surface area contributed by atoms with Crippen LogP contribution in [0.2, 0.25) is 0 Å². The molecule has 0 fully saturated rings. The molecule has 0 saturated heterocycles. The van der Waals surface area contributed by atoms with E-state index in [2.05, 4.69) is 145 Å². The van der Waals surface area contributed by atoms with Crippen LogP contribution in [0.4, 0.5) is 0 Å². The number of aromatic nitrogens is 2. The highest BCUT2D eigenvalue weighted by molar-refractivity contribution is 6.25. The maximum absolute atomic E-state index is 2.38. The van der Waals surface area contributed by atoms with E-state index < -0.39 is 0 Å². The van der Waals surface area contributed by atoms with Crippen molar-refractivity contribution in [2.24, 2.45) is 14.1 Å². The highest BCUT2D eigenvalue weighted by Crippen LogP contribution is 2.40. The third kappa shape index (κ3) is 2.89. The molecule has 0 aliphatic carbocycles. The van der Waals surface area contributed by atoms with Gasteiger partial charge in [-0.3, -0.25) is 0 Å². The standard InChI is InChI=1S/C36H26N2/c1-37-33-21-25(23-9-5-3-6-10-23)13-15-27(33)29-17-20-32-31(35(29)37)19-18-30-28-16-14-26(24-11-7-4-8-12-24)22-34(28)38(2)36(30)32/h3-22H,1-2H3. The molecule has 0 aliphatic rings. The summed E-state index contributed by atoms with van der Waals surface area (Å²) in [5.41, 5.74) is 10.1. The molecule has 2 heteroatoms. The second kappa shape index (κ2) is 7.84. The Labute approximate surface area is 221 Å². The molecule has 0 N–H and O–H groups in total. The topological polar surface area (TPSA) is 9.86 Å². The molecular weight excluding hydrogens is 460 g/mol. The molecule has 0 aliphatic heterocycles. The lowest BCUT2D eigenvalue weighted by atomic mass is 10.0.